The number of phenolic OH excluding ortho intramolecular Hbond substituents is 1. The molecule has 0 heterocycles. The molecule has 10 heteroatoms. The number of hydrogen-bond donors (Lipinski definition) is 6. The molecule has 0 spiro atoms. The zero-order valence-electron chi connectivity index (χ0n) is 12.7. The van der Waals surface area contributed by atoms with E-state index in [1.54, 1.807) is 18.2 Å². The Balaban J connectivity index is 0.000000462. The van der Waals surface area contributed by atoms with Crippen LogP contribution in [0.1, 0.15) is 18.4 Å². The SMILES string of the molecule is O=C(O)/C=C/c1ccccc1O.O=C(O)CC(O)(CC(=O)O)C(=O)O. The number of phenols is 1. The van der Waals surface area contributed by atoms with Crippen LogP contribution in [0.2, 0.25) is 0 Å². The number of benzene rings is 1. The van der Waals surface area contributed by atoms with Gasteiger partial charge >= 0.3 is 23.9 Å². The summed E-state index contributed by atoms with van der Waals surface area (Å²) in [6.45, 7) is 0. The Morgan fingerprint density at radius 2 is 1.40 bits per heavy atom. The summed E-state index contributed by atoms with van der Waals surface area (Å²) >= 11 is 0. The number of aromatic hydroxyl groups is 1. The average Bonchev–Trinajstić information content (AvgIpc) is 2.45. The highest BCUT2D eigenvalue weighted by atomic mass is 16.4. The minimum absolute atomic E-state index is 0.0787. The molecule has 0 radical (unpaired) electrons. The molecule has 0 atom stereocenters. The number of carboxylic acid groups (broad SMARTS) is 4. The topological polar surface area (TPSA) is 190 Å². The summed E-state index contributed by atoms with van der Waals surface area (Å²) in [6, 6.07) is 6.53. The van der Waals surface area contributed by atoms with Crippen LogP contribution in [-0.4, -0.2) is 60.1 Å². The number of aliphatic hydroxyl groups is 1. The standard InChI is InChI=1S/C9H8O3.C6H8O7/c10-8-4-2-1-3-7(8)5-6-9(11)12;7-3(8)1-6(13,5(11)12)2-4(9)10/h1-6,10H,(H,11,12);13H,1-2H2,(H,7,8)(H,9,10)(H,11,12)/b6-5+;. The van der Waals surface area contributed by atoms with Crippen LogP contribution in [-0.2, 0) is 19.2 Å². The van der Waals surface area contributed by atoms with Gasteiger partial charge in [0.05, 0.1) is 12.8 Å². The van der Waals surface area contributed by atoms with Crippen molar-refractivity contribution in [2.75, 3.05) is 0 Å². The fourth-order valence-electron chi connectivity index (χ4n) is 1.50. The molecule has 0 fully saturated rings. The van der Waals surface area contributed by atoms with E-state index < -0.39 is 42.3 Å². The van der Waals surface area contributed by atoms with Gasteiger partial charge in [0.1, 0.15) is 5.75 Å². The van der Waals surface area contributed by atoms with Crippen molar-refractivity contribution in [1.29, 1.82) is 0 Å². The molecule has 0 unspecified atom stereocenters. The highest BCUT2D eigenvalue weighted by Gasteiger charge is 2.40. The molecule has 1 rings (SSSR count). The van der Waals surface area contributed by atoms with Crippen LogP contribution < -0.4 is 0 Å². The lowest BCUT2D eigenvalue weighted by molar-refractivity contribution is -0.170. The molecule has 136 valence electrons. The van der Waals surface area contributed by atoms with Crippen molar-refractivity contribution < 1.29 is 49.8 Å². The number of carboxylic acids is 4. The van der Waals surface area contributed by atoms with Gasteiger partial charge in [-0.2, -0.15) is 0 Å². The van der Waals surface area contributed by atoms with E-state index in [1.165, 1.54) is 12.1 Å². The third kappa shape index (κ3) is 8.71. The second-order valence-electron chi connectivity index (χ2n) is 4.71. The zero-order chi connectivity index (χ0) is 19.6. The summed E-state index contributed by atoms with van der Waals surface area (Å²) in [6.07, 6.45) is 0.0377. The first-order valence-electron chi connectivity index (χ1n) is 6.56. The van der Waals surface area contributed by atoms with Gasteiger partial charge in [-0.1, -0.05) is 18.2 Å². The molecular weight excluding hydrogens is 340 g/mol. The maximum absolute atomic E-state index is 10.3. The van der Waals surface area contributed by atoms with Crippen molar-refractivity contribution in [3.05, 3.63) is 35.9 Å². The number of rotatable bonds is 7. The van der Waals surface area contributed by atoms with Crippen molar-refractivity contribution in [1.82, 2.24) is 0 Å². The van der Waals surface area contributed by atoms with Crippen LogP contribution in [0.15, 0.2) is 30.3 Å². The molecule has 25 heavy (non-hydrogen) atoms. The van der Waals surface area contributed by atoms with Gasteiger partial charge in [-0.15, -0.1) is 0 Å². The average molecular weight is 356 g/mol. The molecule has 1 aromatic rings. The van der Waals surface area contributed by atoms with Gasteiger partial charge in [0.2, 0.25) is 0 Å². The smallest absolute Gasteiger partial charge is 0.336 e. The van der Waals surface area contributed by atoms with E-state index in [2.05, 4.69) is 0 Å². The normalized spacial score (nSPS) is 10.6. The maximum atomic E-state index is 10.3. The van der Waals surface area contributed by atoms with Gasteiger partial charge in [-0.3, -0.25) is 9.59 Å². The summed E-state index contributed by atoms with van der Waals surface area (Å²) in [5.74, 6) is -5.97. The molecule has 1 aromatic carbocycles. The van der Waals surface area contributed by atoms with E-state index in [0.717, 1.165) is 6.08 Å². The fourth-order valence-corrected chi connectivity index (χ4v) is 1.50. The summed E-state index contributed by atoms with van der Waals surface area (Å²) in [4.78, 5) is 40.6. The minimum Gasteiger partial charge on any atom is -0.507 e. The Morgan fingerprint density at radius 3 is 1.76 bits per heavy atom. The van der Waals surface area contributed by atoms with E-state index in [0.29, 0.717) is 5.56 Å². The second kappa shape index (κ2) is 9.67. The lowest BCUT2D eigenvalue weighted by atomic mass is 9.96. The van der Waals surface area contributed by atoms with Crippen LogP contribution >= 0.6 is 0 Å². The highest BCUT2D eigenvalue weighted by molar-refractivity contribution is 5.88. The third-order valence-corrected chi connectivity index (χ3v) is 2.63. The van der Waals surface area contributed by atoms with Gasteiger partial charge < -0.3 is 30.6 Å². The predicted molar refractivity (Wildman–Crippen MR) is 81.9 cm³/mol. The molecule has 6 N–H and O–H groups in total. The fraction of sp³-hybridized carbons (Fsp3) is 0.200. The van der Waals surface area contributed by atoms with Crippen molar-refractivity contribution in [2.45, 2.75) is 18.4 Å². The number of aliphatic carboxylic acids is 4. The highest BCUT2D eigenvalue weighted by Crippen LogP contribution is 2.17. The Kier molecular flexibility index (Phi) is 8.36. The molecule has 0 saturated carbocycles. The zero-order valence-corrected chi connectivity index (χ0v) is 12.7. The van der Waals surface area contributed by atoms with Crippen molar-refractivity contribution in [3.8, 4) is 5.75 Å². The van der Waals surface area contributed by atoms with Gasteiger partial charge in [0.15, 0.2) is 5.60 Å². The van der Waals surface area contributed by atoms with Crippen LogP contribution in [0.5, 0.6) is 5.75 Å². The summed E-state index contributed by atoms with van der Waals surface area (Å²) in [5, 5.41) is 51.3. The Labute approximate surface area is 140 Å². The van der Waals surface area contributed by atoms with Crippen molar-refractivity contribution >= 4 is 30.0 Å². The van der Waals surface area contributed by atoms with Crippen LogP contribution in [0.3, 0.4) is 0 Å². The lowest BCUT2D eigenvalue weighted by Gasteiger charge is -2.18. The van der Waals surface area contributed by atoms with Crippen LogP contribution in [0, 0.1) is 0 Å². The number of para-hydroxylation sites is 1. The lowest BCUT2D eigenvalue weighted by Crippen LogP contribution is -2.42. The van der Waals surface area contributed by atoms with Crippen LogP contribution in [0.4, 0.5) is 0 Å². The maximum Gasteiger partial charge on any atom is 0.336 e. The molecule has 10 nitrogen and oxygen atoms in total. The second-order valence-corrected chi connectivity index (χ2v) is 4.71. The molecule has 0 saturated heterocycles. The number of hydrogen-bond acceptors (Lipinski definition) is 6. The molecule has 0 aromatic heterocycles. The molecule has 0 aliphatic carbocycles. The summed E-state index contributed by atoms with van der Waals surface area (Å²) in [5.41, 5.74) is -2.24. The largest absolute Gasteiger partial charge is 0.507 e. The van der Waals surface area contributed by atoms with Gasteiger partial charge in [-0.25, -0.2) is 9.59 Å². The Hall–Kier alpha value is -3.40. The molecule has 0 aliphatic rings. The van der Waals surface area contributed by atoms with E-state index in [9.17, 15) is 24.3 Å². The summed E-state index contributed by atoms with van der Waals surface area (Å²) in [7, 11) is 0. The van der Waals surface area contributed by atoms with E-state index in [1.807, 2.05) is 0 Å². The molecule has 0 bridgehead atoms. The van der Waals surface area contributed by atoms with E-state index in [4.69, 9.17) is 25.5 Å². The first-order valence-corrected chi connectivity index (χ1v) is 6.56. The molecule has 0 aliphatic heterocycles. The van der Waals surface area contributed by atoms with E-state index >= 15 is 0 Å². The van der Waals surface area contributed by atoms with Crippen molar-refractivity contribution in [3.63, 3.8) is 0 Å². The molecular formula is C15H16O10. The summed E-state index contributed by atoms with van der Waals surface area (Å²) < 4.78 is 0. The monoisotopic (exact) mass is 356 g/mol. The third-order valence-electron chi connectivity index (χ3n) is 2.63. The van der Waals surface area contributed by atoms with Gasteiger partial charge in [-0.05, 0) is 12.1 Å². The minimum atomic E-state index is -2.74. The van der Waals surface area contributed by atoms with Crippen LogP contribution in [0.25, 0.3) is 6.08 Å². The predicted octanol–water partition coefficient (Wildman–Crippen LogP) is 0.242. The molecule has 0 amide bonds. The van der Waals surface area contributed by atoms with Gasteiger partial charge in [0.25, 0.3) is 0 Å². The van der Waals surface area contributed by atoms with E-state index in [-0.39, 0.29) is 5.75 Å². The van der Waals surface area contributed by atoms with Gasteiger partial charge in [0, 0.05) is 11.6 Å². The van der Waals surface area contributed by atoms with Crippen molar-refractivity contribution in [2.24, 2.45) is 0 Å². The first-order chi connectivity index (χ1) is 11.5. The Bertz CT molecular complexity index is 661. The Morgan fingerprint density at radius 1 is 0.920 bits per heavy atom. The first kappa shape index (κ1) is 21.6. The number of carbonyl (C=O) groups is 4. The quantitative estimate of drug-likeness (QED) is 0.369.